The second-order valence-corrected chi connectivity index (χ2v) is 4.88. The summed E-state index contributed by atoms with van der Waals surface area (Å²) in [6.07, 6.45) is 0. The number of likely N-dealkylation sites (N-methyl/N-ethyl adjacent to an activating group) is 1. The first-order valence-electron chi connectivity index (χ1n) is 5.71. The Hall–Kier alpha value is -1.66. The van der Waals surface area contributed by atoms with Gasteiger partial charge in [-0.2, -0.15) is 0 Å². The van der Waals surface area contributed by atoms with Crippen molar-refractivity contribution in [3.63, 3.8) is 0 Å². The molecule has 0 fully saturated rings. The van der Waals surface area contributed by atoms with E-state index in [1.165, 1.54) is 18.2 Å². The Morgan fingerprint density at radius 1 is 1.53 bits per heavy atom. The van der Waals surface area contributed by atoms with Crippen molar-refractivity contribution in [2.45, 2.75) is 13.0 Å². The topological polar surface area (TPSA) is 75.5 Å². The lowest BCUT2D eigenvalue weighted by atomic mass is 10.1. The van der Waals surface area contributed by atoms with Gasteiger partial charge in [0.2, 0.25) is 0 Å². The Bertz CT molecular complexity index is 491. The molecule has 1 aromatic carbocycles. The van der Waals surface area contributed by atoms with Crippen LogP contribution < -0.4 is 5.32 Å². The van der Waals surface area contributed by atoms with Crippen LogP contribution in [0.3, 0.4) is 0 Å². The molecule has 0 bridgehead atoms. The lowest BCUT2D eigenvalue weighted by Gasteiger charge is -2.19. The van der Waals surface area contributed by atoms with E-state index in [2.05, 4.69) is 5.32 Å². The molecular weight excluding hydrogens is 270 g/mol. The summed E-state index contributed by atoms with van der Waals surface area (Å²) in [4.78, 5) is 24.2. The molecule has 1 amide bonds. The first-order valence-corrected chi connectivity index (χ1v) is 6.09. The van der Waals surface area contributed by atoms with Crippen molar-refractivity contribution in [1.82, 2.24) is 10.2 Å². The van der Waals surface area contributed by atoms with Gasteiger partial charge in [0.05, 0.1) is 4.92 Å². The SMILES string of the molecule is CC(CNC(=O)c1cc(Cl)ccc1[N+](=O)[O-])N(C)C. The highest BCUT2D eigenvalue weighted by Gasteiger charge is 2.20. The zero-order chi connectivity index (χ0) is 14.6. The van der Waals surface area contributed by atoms with Crippen molar-refractivity contribution in [2.75, 3.05) is 20.6 Å². The highest BCUT2D eigenvalue weighted by Crippen LogP contribution is 2.22. The van der Waals surface area contributed by atoms with Crippen LogP contribution in [-0.4, -0.2) is 42.4 Å². The fraction of sp³-hybridized carbons (Fsp3) is 0.417. The smallest absolute Gasteiger partial charge is 0.282 e. The molecule has 0 aliphatic carbocycles. The lowest BCUT2D eigenvalue weighted by Crippen LogP contribution is -2.38. The molecule has 1 N–H and O–H groups in total. The van der Waals surface area contributed by atoms with E-state index in [1.807, 2.05) is 25.9 Å². The summed E-state index contributed by atoms with van der Waals surface area (Å²) < 4.78 is 0. The van der Waals surface area contributed by atoms with Crippen molar-refractivity contribution in [3.8, 4) is 0 Å². The maximum Gasteiger partial charge on any atom is 0.282 e. The van der Waals surface area contributed by atoms with E-state index < -0.39 is 10.8 Å². The number of benzene rings is 1. The summed E-state index contributed by atoms with van der Waals surface area (Å²) >= 11 is 5.77. The van der Waals surface area contributed by atoms with E-state index in [1.54, 1.807) is 0 Å². The van der Waals surface area contributed by atoms with Gasteiger partial charge in [-0.25, -0.2) is 0 Å². The standard InChI is InChI=1S/C12H16ClN3O3/c1-8(15(2)3)7-14-12(17)10-6-9(13)4-5-11(10)16(18)19/h4-6,8H,7H2,1-3H3,(H,14,17). The first-order chi connectivity index (χ1) is 8.82. The van der Waals surface area contributed by atoms with Crippen LogP contribution in [0.1, 0.15) is 17.3 Å². The van der Waals surface area contributed by atoms with Gasteiger partial charge in [0.15, 0.2) is 0 Å². The molecular formula is C12H16ClN3O3. The zero-order valence-corrected chi connectivity index (χ0v) is 11.8. The van der Waals surface area contributed by atoms with Gasteiger partial charge in [0.25, 0.3) is 11.6 Å². The number of hydrogen-bond donors (Lipinski definition) is 1. The summed E-state index contributed by atoms with van der Waals surface area (Å²) in [5, 5.41) is 13.8. The molecule has 0 aliphatic heterocycles. The summed E-state index contributed by atoms with van der Waals surface area (Å²) in [6.45, 7) is 2.34. The van der Waals surface area contributed by atoms with Crippen molar-refractivity contribution >= 4 is 23.2 Å². The monoisotopic (exact) mass is 285 g/mol. The molecule has 1 rings (SSSR count). The normalized spacial score (nSPS) is 12.3. The van der Waals surface area contributed by atoms with Crippen LogP contribution in [0.25, 0.3) is 0 Å². The van der Waals surface area contributed by atoms with Crippen molar-refractivity contribution in [2.24, 2.45) is 0 Å². The Kier molecular flexibility index (Phi) is 5.26. The number of carbonyl (C=O) groups is 1. The molecule has 0 radical (unpaired) electrons. The van der Waals surface area contributed by atoms with Crippen molar-refractivity contribution in [1.29, 1.82) is 0 Å². The summed E-state index contributed by atoms with van der Waals surface area (Å²) in [7, 11) is 3.78. The molecule has 0 aromatic heterocycles. The Morgan fingerprint density at radius 3 is 2.68 bits per heavy atom. The highest BCUT2D eigenvalue weighted by atomic mass is 35.5. The molecule has 1 aromatic rings. The van der Waals surface area contributed by atoms with E-state index in [0.29, 0.717) is 6.54 Å². The highest BCUT2D eigenvalue weighted by molar-refractivity contribution is 6.31. The largest absolute Gasteiger partial charge is 0.350 e. The quantitative estimate of drug-likeness (QED) is 0.662. The van der Waals surface area contributed by atoms with Gasteiger partial charge in [-0.15, -0.1) is 0 Å². The number of hydrogen-bond acceptors (Lipinski definition) is 4. The molecule has 0 heterocycles. The van der Waals surface area contributed by atoms with E-state index in [9.17, 15) is 14.9 Å². The molecule has 0 saturated carbocycles. The van der Waals surface area contributed by atoms with E-state index >= 15 is 0 Å². The van der Waals surface area contributed by atoms with Crippen molar-refractivity contribution < 1.29 is 9.72 Å². The number of nitro groups is 1. The Labute approximate surface area is 116 Å². The second-order valence-electron chi connectivity index (χ2n) is 4.44. The predicted octanol–water partition coefficient (Wildman–Crippen LogP) is 1.93. The fourth-order valence-corrected chi connectivity index (χ4v) is 1.54. The maximum absolute atomic E-state index is 12.0. The van der Waals surface area contributed by atoms with Gasteiger partial charge in [-0.1, -0.05) is 11.6 Å². The third-order valence-electron chi connectivity index (χ3n) is 2.84. The van der Waals surface area contributed by atoms with Crippen LogP contribution in [-0.2, 0) is 0 Å². The third kappa shape index (κ3) is 4.18. The fourth-order valence-electron chi connectivity index (χ4n) is 1.37. The average Bonchev–Trinajstić information content (AvgIpc) is 2.34. The molecule has 0 spiro atoms. The van der Waals surface area contributed by atoms with Crippen LogP contribution in [0.5, 0.6) is 0 Å². The van der Waals surface area contributed by atoms with Gasteiger partial charge in [-0.3, -0.25) is 14.9 Å². The molecule has 6 nitrogen and oxygen atoms in total. The Morgan fingerprint density at radius 2 is 2.16 bits per heavy atom. The van der Waals surface area contributed by atoms with Gasteiger partial charge in [-0.05, 0) is 33.2 Å². The van der Waals surface area contributed by atoms with Crippen LogP contribution in [0.4, 0.5) is 5.69 Å². The minimum atomic E-state index is -0.597. The van der Waals surface area contributed by atoms with Crippen LogP contribution >= 0.6 is 11.6 Å². The molecule has 7 heteroatoms. The number of halogens is 1. The lowest BCUT2D eigenvalue weighted by molar-refractivity contribution is -0.385. The van der Waals surface area contributed by atoms with Crippen LogP contribution in [0.15, 0.2) is 18.2 Å². The van der Waals surface area contributed by atoms with E-state index in [0.717, 1.165) is 0 Å². The first kappa shape index (κ1) is 15.4. The molecule has 1 atom stereocenters. The van der Waals surface area contributed by atoms with Crippen molar-refractivity contribution in [3.05, 3.63) is 38.9 Å². The molecule has 0 aliphatic rings. The number of rotatable bonds is 5. The summed E-state index contributed by atoms with van der Waals surface area (Å²) in [5.74, 6) is -0.497. The average molecular weight is 286 g/mol. The number of amides is 1. The number of nitrogens with one attached hydrogen (secondary N) is 1. The maximum atomic E-state index is 12.0. The molecule has 1 unspecified atom stereocenters. The van der Waals surface area contributed by atoms with Gasteiger partial charge in [0.1, 0.15) is 5.56 Å². The minimum absolute atomic E-state index is 0.0246. The third-order valence-corrected chi connectivity index (χ3v) is 3.07. The van der Waals surface area contributed by atoms with E-state index in [4.69, 9.17) is 11.6 Å². The molecule has 104 valence electrons. The van der Waals surface area contributed by atoms with E-state index in [-0.39, 0.29) is 22.3 Å². The van der Waals surface area contributed by atoms with Crippen LogP contribution in [0.2, 0.25) is 5.02 Å². The molecule has 19 heavy (non-hydrogen) atoms. The number of nitro benzene ring substituents is 1. The number of carbonyl (C=O) groups excluding carboxylic acids is 1. The number of nitrogens with zero attached hydrogens (tertiary/aromatic N) is 2. The zero-order valence-electron chi connectivity index (χ0n) is 11.0. The van der Waals surface area contributed by atoms with Gasteiger partial charge >= 0.3 is 0 Å². The summed E-state index contributed by atoms with van der Waals surface area (Å²) in [5.41, 5.74) is -0.275. The van der Waals surface area contributed by atoms with Crippen LogP contribution in [0, 0.1) is 10.1 Å². The summed E-state index contributed by atoms with van der Waals surface area (Å²) in [6, 6.07) is 4.04. The second kappa shape index (κ2) is 6.49. The Balaban J connectivity index is 2.87. The van der Waals surface area contributed by atoms with Gasteiger partial charge < -0.3 is 10.2 Å². The predicted molar refractivity (Wildman–Crippen MR) is 73.6 cm³/mol. The van der Waals surface area contributed by atoms with Gasteiger partial charge in [0, 0.05) is 23.7 Å². The minimum Gasteiger partial charge on any atom is -0.350 e. The molecule has 0 saturated heterocycles.